The summed E-state index contributed by atoms with van der Waals surface area (Å²) in [4.78, 5) is 22.4. The minimum atomic E-state index is -0.423. The zero-order chi connectivity index (χ0) is 11.5. The zero-order valence-corrected chi connectivity index (χ0v) is 9.87. The smallest absolute Gasteiger partial charge is 0.213 e. The maximum Gasteiger partial charge on any atom is 0.213 e. The van der Waals surface area contributed by atoms with Crippen molar-refractivity contribution in [2.24, 2.45) is 5.92 Å². The van der Waals surface area contributed by atoms with Crippen LogP contribution in [0.1, 0.15) is 25.7 Å². The van der Waals surface area contributed by atoms with Crippen LogP contribution in [0.2, 0.25) is 0 Å². The predicted octanol–water partition coefficient (Wildman–Crippen LogP) is 1.05. The number of nitrogens with one attached hydrogen (secondary N) is 1. The molecule has 1 atom stereocenters. The molecule has 2 fully saturated rings. The summed E-state index contributed by atoms with van der Waals surface area (Å²) >= 11 is 1.66. The average molecular weight is 244 g/mol. The first-order chi connectivity index (χ1) is 7.68. The maximum absolute atomic E-state index is 12.0. The molecular weight excluding hydrogens is 228 g/mol. The van der Waals surface area contributed by atoms with Gasteiger partial charge in [-0.3, -0.25) is 20.2 Å². The van der Waals surface area contributed by atoms with E-state index in [-0.39, 0.29) is 22.0 Å². The van der Waals surface area contributed by atoms with Crippen molar-refractivity contribution in [2.45, 2.75) is 37.1 Å². The van der Waals surface area contributed by atoms with Gasteiger partial charge in [0, 0.05) is 36.0 Å². The minimum absolute atomic E-state index is 0.0410. The molecule has 1 N–H and O–H groups in total. The van der Waals surface area contributed by atoms with Gasteiger partial charge in [-0.15, -0.1) is 11.8 Å². The number of thioether (sulfide) groups is 1. The maximum atomic E-state index is 12.0. The Balaban J connectivity index is 1.84. The third-order valence-corrected chi connectivity index (χ3v) is 4.54. The second-order valence-corrected chi connectivity index (χ2v) is 5.61. The fourth-order valence-corrected chi connectivity index (χ4v) is 3.46. The molecule has 2 rings (SSSR count). The normalized spacial score (nSPS) is 34.9. The second-order valence-electron chi connectivity index (χ2n) is 4.40. The zero-order valence-electron chi connectivity index (χ0n) is 9.05. The molecule has 1 saturated carbocycles. The van der Waals surface area contributed by atoms with Crippen molar-refractivity contribution in [3.8, 4) is 0 Å². The lowest BCUT2D eigenvalue weighted by Crippen LogP contribution is -2.37. The van der Waals surface area contributed by atoms with Crippen molar-refractivity contribution in [1.29, 1.82) is 0 Å². The summed E-state index contributed by atoms with van der Waals surface area (Å²) in [6.07, 6.45) is 2.48. The Labute approximate surface area is 98.5 Å². The number of carbonyl (C=O) groups excluding carboxylic acids is 1. The lowest BCUT2D eigenvalue weighted by atomic mass is 9.83. The summed E-state index contributed by atoms with van der Waals surface area (Å²) in [5.74, 6) is 1.28. The number of nitro groups is 1. The molecule has 0 aromatic carbocycles. The minimum Gasteiger partial charge on any atom is -0.298 e. The molecule has 5 nitrogen and oxygen atoms in total. The highest BCUT2D eigenvalue weighted by atomic mass is 32.2. The Morgan fingerprint density at radius 2 is 2.00 bits per heavy atom. The van der Waals surface area contributed by atoms with Gasteiger partial charge in [-0.2, -0.15) is 0 Å². The van der Waals surface area contributed by atoms with Crippen LogP contribution in [0.25, 0.3) is 0 Å². The van der Waals surface area contributed by atoms with Crippen LogP contribution in [0.4, 0.5) is 0 Å². The first kappa shape index (κ1) is 11.9. The van der Waals surface area contributed by atoms with Crippen LogP contribution < -0.4 is 5.32 Å². The van der Waals surface area contributed by atoms with Gasteiger partial charge >= 0.3 is 0 Å². The molecule has 1 aliphatic heterocycles. The number of ketones is 1. The molecule has 0 aromatic rings. The van der Waals surface area contributed by atoms with Gasteiger partial charge in [0.05, 0.1) is 0 Å². The van der Waals surface area contributed by atoms with Crippen LogP contribution in [-0.2, 0) is 4.79 Å². The van der Waals surface area contributed by atoms with E-state index in [1.165, 1.54) is 0 Å². The van der Waals surface area contributed by atoms with Crippen LogP contribution in [0.5, 0.6) is 0 Å². The average Bonchev–Trinajstić information content (AvgIpc) is 2.81. The number of hydrogen-bond acceptors (Lipinski definition) is 5. The summed E-state index contributed by atoms with van der Waals surface area (Å²) in [6.45, 7) is 0.894. The molecule has 1 saturated heterocycles. The second kappa shape index (κ2) is 5.14. The van der Waals surface area contributed by atoms with Crippen LogP contribution in [-0.4, -0.2) is 34.4 Å². The van der Waals surface area contributed by atoms with E-state index < -0.39 is 6.04 Å². The molecule has 90 valence electrons. The van der Waals surface area contributed by atoms with Gasteiger partial charge in [-0.25, -0.2) is 0 Å². The van der Waals surface area contributed by atoms with Gasteiger partial charge in [0.1, 0.15) is 5.37 Å². The molecule has 0 spiro atoms. The molecule has 0 aromatic heterocycles. The molecule has 16 heavy (non-hydrogen) atoms. The fourth-order valence-electron chi connectivity index (χ4n) is 2.39. The van der Waals surface area contributed by atoms with Gasteiger partial charge in [0.25, 0.3) is 0 Å². The van der Waals surface area contributed by atoms with E-state index in [4.69, 9.17) is 0 Å². The highest BCUT2D eigenvalue weighted by Gasteiger charge is 2.35. The molecule has 1 heterocycles. The number of rotatable bonds is 3. The molecule has 1 unspecified atom stereocenters. The third kappa shape index (κ3) is 2.55. The van der Waals surface area contributed by atoms with E-state index in [2.05, 4.69) is 5.32 Å². The molecular formula is C10H16N2O3S. The topological polar surface area (TPSA) is 72.2 Å². The van der Waals surface area contributed by atoms with Crippen molar-refractivity contribution in [2.75, 3.05) is 12.3 Å². The van der Waals surface area contributed by atoms with Crippen molar-refractivity contribution < 1.29 is 9.72 Å². The number of hydrogen-bond donors (Lipinski definition) is 1. The molecule has 0 radical (unpaired) electrons. The summed E-state index contributed by atoms with van der Waals surface area (Å²) in [7, 11) is 0. The van der Waals surface area contributed by atoms with Gasteiger partial charge in [0.15, 0.2) is 5.78 Å². The first-order valence-corrected chi connectivity index (χ1v) is 6.75. The number of Topliss-reactive ketones (excluding diaryl/α,β-unsaturated/α-hetero) is 1. The van der Waals surface area contributed by atoms with E-state index in [9.17, 15) is 14.9 Å². The van der Waals surface area contributed by atoms with Crippen LogP contribution in [0.3, 0.4) is 0 Å². The largest absolute Gasteiger partial charge is 0.298 e. The van der Waals surface area contributed by atoms with Gasteiger partial charge < -0.3 is 0 Å². The highest BCUT2D eigenvalue weighted by Crippen LogP contribution is 2.30. The summed E-state index contributed by atoms with van der Waals surface area (Å²) in [5.41, 5.74) is 0. The Morgan fingerprint density at radius 1 is 1.31 bits per heavy atom. The summed E-state index contributed by atoms with van der Waals surface area (Å²) < 4.78 is 0. The van der Waals surface area contributed by atoms with E-state index in [0.717, 1.165) is 12.3 Å². The molecule has 0 amide bonds. The van der Waals surface area contributed by atoms with Crippen molar-refractivity contribution in [3.05, 3.63) is 10.1 Å². The Hall–Kier alpha value is -0.620. The van der Waals surface area contributed by atoms with E-state index in [1.54, 1.807) is 11.8 Å². The Kier molecular flexibility index (Phi) is 3.81. The fraction of sp³-hybridized carbons (Fsp3) is 0.900. The van der Waals surface area contributed by atoms with E-state index >= 15 is 0 Å². The van der Waals surface area contributed by atoms with Crippen molar-refractivity contribution in [1.82, 2.24) is 5.32 Å². The van der Waals surface area contributed by atoms with Crippen molar-refractivity contribution in [3.63, 3.8) is 0 Å². The standard InChI is InChI=1S/C10H16N2O3S/c13-9(10-11-5-6-16-10)7-1-3-8(4-2-7)12(14)15/h7-8,10-11H,1-6H2. The SMILES string of the molecule is O=C(C1CCC([N+](=O)[O-])CC1)C1NCCS1. The van der Waals surface area contributed by atoms with Crippen LogP contribution in [0, 0.1) is 16.0 Å². The molecule has 2 aliphatic rings. The van der Waals surface area contributed by atoms with Gasteiger partial charge in [-0.05, 0) is 12.8 Å². The lowest BCUT2D eigenvalue weighted by molar-refractivity contribution is -0.526. The van der Waals surface area contributed by atoms with E-state index in [1.807, 2.05) is 0 Å². The van der Waals surface area contributed by atoms with Gasteiger partial charge in [0.2, 0.25) is 6.04 Å². The van der Waals surface area contributed by atoms with Crippen molar-refractivity contribution >= 4 is 17.5 Å². The quantitative estimate of drug-likeness (QED) is 0.593. The first-order valence-electron chi connectivity index (χ1n) is 5.70. The molecule has 6 heteroatoms. The Morgan fingerprint density at radius 3 is 2.50 bits per heavy atom. The van der Waals surface area contributed by atoms with Crippen LogP contribution >= 0.6 is 11.8 Å². The molecule has 1 aliphatic carbocycles. The van der Waals surface area contributed by atoms with E-state index in [0.29, 0.717) is 25.7 Å². The molecule has 0 bridgehead atoms. The Bertz CT molecular complexity index is 284. The highest BCUT2D eigenvalue weighted by molar-refractivity contribution is 8.00. The van der Waals surface area contributed by atoms with Gasteiger partial charge in [-0.1, -0.05) is 0 Å². The summed E-state index contributed by atoms with van der Waals surface area (Å²) in [6, 6.07) is -0.423. The van der Waals surface area contributed by atoms with Crippen LogP contribution in [0.15, 0.2) is 0 Å². The number of nitrogens with zero attached hydrogens (tertiary/aromatic N) is 1. The predicted molar refractivity (Wildman–Crippen MR) is 62.0 cm³/mol. The monoisotopic (exact) mass is 244 g/mol. The number of carbonyl (C=O) groups is 1. The lowest BCUT2D eigenvalue weighted by Gasteiger charge is -2.24. The third-order valence-electron chi connectivity index (χ3n) is 3.37. The summed E-state index contributed by atoms with van der Waals surface area (Å²) in [5, 5.41) is 13.7.